The summed E-state index contributed by atoms with van der Waals surface area (Å²) < 4.78 is 4.99. The van der Waals surface area contributed by atoms with Crippen molar-refractivity contribution in [3.05, 3.63) is 51.8 Å². The molecule has 1 aromatic carbocycles. The number of esters is 1. The monoisotopic (exact) mass is 395 g/mol. The number of pyridine rings is 1. The van der Waals surface area contributed by atoms with E-state index in [1.807, 2.05) is 0 Å². The van der Waals surface area contributed by atoms with E-state index in [9.17, 15) is 9.59 Å². The fourth-order valence-electron chi connectivity index (χ4n) is 2.38. The second kappa shape index (κ2) is 8.87. The first kappa shape index (κ1) is 20.0. The number of amides is 1. The van der Waals surface area contributed by atoms with Gasteiger partial charge in [0.25, 0.3) is 5.91 Å². The Kier molecular flexibility index (Phi) is 6.83. The highest BCUT2D eigenvalue weighted by Crippen LogP contribution is 2.29. The number of carbonyl (C=O) groups excluding carboxylic acids is 2. The third kappa shape index (κ3) is 4.86. The maximum Gasteiger partial charge on any atom is 0.308 e. The Hall–Kier alpha value is -2.31. The van der Waals surface area contributed by atoms with Gasteiger partial charge in [0, 0.05) is 18.1 Å². The minimum Gasteiger partial charge on any atom is -0.466 e. The van der Waals surface area contributed by atoms with Crippen LogP contribution in [0.2, 0.25) is 10.0 Å². The van der Waals surface area contributed by atoms with Crippen LogP contribution >= 0.6 is 23.2 Å². The molecule has 1 heterocycles. The average molecular weight is 396 g/mol. The molecule has 0 aliphatic carbocycles. The lowest BCUT2D eigenvalue weighted by Gasteiger charge is -2.13. The number of nitrogens with zero attached hydrogens (tertiary/aromatic N) is 1. The Morgan fingerprint density at radius 2 is 1.92 bits per heavy atom. The molecule has 0 bridgehead atoms. The number of hydrogen-bond donors (Lipinski definition) is 2. The van der Waals surface area contributed by atoms with E-state index < -0.39 is 5.91 Å². The number of carbonyl (C=O) groups is 2. The van der Waals surface area contributed by atoms with Crippen molar-refractivity contribution in [2.24, 2.45) is 5.92 Å². The SMILES string of the molecule is CCOC(=O)C(C)Cc1ccc(C(=O)Nc2c(Cl)cncc2Cl)c(N)c1. The summed E-state index contributed by atoms with van der Waals surface area (Å²) in [4.78, 5) is 28.0. The molecular weight excluding hydrogens is 377 g/mol. The minimum absolute atomic E-state index is 0.226. The molecule has 1 atom stereocenters. The first-order valence-electron chi connectivity index (χ1n) is 7.98. The van der Waals surface area contributed by atoms with Crippen molar-refractivity contribution in [1.29, 1.82) is 0 Å². The zero-order chi connectivity index (χ0) is 19.3. The molecule has 8 heteroatoms. The number of ether oxygens (including phenoxy) is 1. The van der Waals surface area contributed by atoms with Gasteiger partial charge in [0.05, 0.1) is 33.8 Å². The number of halogens is 2. The van der Waals surface area contributed by atoms with Crippen molar-refractivity contribution >= 4 is 46.5 Å². The number of aromatic nitrogens is 1. The highest BCUT2D eigenvalue weighted by Gasteiger charge is 2.17. The van der Waals surface area contributed by atoms with Crippen LogP contribution in [0.4, 0.5) is 11.4 Å². The van der Waals surface area contributed by atoms with E-state index in [2.05, 4.69) is 10.3 Å². The molecule has 2 aromatic rings. The normalized spacial score (nSPS) is 11.7. The van der Waals surface area contributed by atoms with Crippen LogP contribution in [0.25, 0.3) is 0 Å². The van der Waals surface area contributed by atoms with Gasteiger partial charge in [-0.1, -0.05) is 36.2 Å². The average Bonchev–Trinajstić information content (AvgIpc) is 2.58. The fourth-order valence-corrected chi connectivity index (χ4v) is 2.84. The highest BCUT2D eigenvalue weighted by atomic mass is 35.5. The predicted octanol–water partition coefficient (Wildman–Crippen LogP) is 3.96. The number of rotatable bonds is 6. The molecule has 0 spiro atoms. The van der Waals surface area contributed by atoms with Gasteiger partial charge in [-0.05, 0) is 31.0 Å². The summed E-state index contributed by atoms with van der Waals surface area (Å²) in [5, 5.41) is 3.09. The van der Waals surface area contributed by atoms with Gasteiger partial charge in [-0.25, -0.2) is 0 Å². The molecule has 1 aromatic heterocycles. The Balaban J connectivity index is 2.14. The zero-order valence-electron chi connectivity index (χ0n) is 14.4. The van der Waals surface area contributed by atoms with Crippen molar-refractivity contribution in [3.63, 3.8) is 0 Å². The Morgan fingerprint density at radius 1 is 1.27 bits per heavy atom. The number of hydrogen-bond acceptors (Lipinski definition) is 5. The zero-order valence-corrected chi connectivity index (χ0v) is 15.9. The minimum atomic E-state index is -0.442. The summed E-state index contributed by atoms with van der Waals surface area (Å²) in [5.74, 6) is -1.01. The Morgan fingerprint density at radius 3 is 2.50 bits per heavy atom. The number of nitrogens with one attached hydrogen (secondary N) is 1. The Bertz CT molecular complexity index is 807. The van der Waals surface area contributed by atoms with Gasteiger partial charge in [-0.2, -0.15) is 0 Å². The lowest BCUT2D eigenvalue weighted by molar-refractivity contribution is -0.147. The third-order valence-electron chi connectivity index (χ3n) is 3.68. The third-order valence-corrected chi connectivity index (χ3v) is 4.26. The highest BCUT2D eigenvalue weighted by molar-refractivity contribution is 6.39. The maximum absolute atomic E-state index is 12.5. The van der Waals surface area contributed by atoms with Gasteiger partial charge in [-0.3, -0.25) is 14.6 Å². The second-order valence-corrected chi connectivity index (χ2v) is 6.53. The van der Waals surface area contributed by atoms with Gasteiger partial charge < -0.3 is 15.8 Å². The van der Waals surface area contributed by atoms with Gasteiger partial charge >= 0.3 is 5.97 Å². The molecular formula is C18H19Cl2N3O3. The van der Waals surface area contributed by atoms with Crippen LogP contribution in [-0.4, -0.2) is 23.5 Å². The van der Waals surface area contributed by atoms with Gasteiger partial charge in [0.1, 0.15) is 0 Å². The van der Waals surface area contributed by atoms with Crippen LogP contribution in [0.15, 0.2) is 30.6 Å². The smallest absolute Gasteiger partial charge is 0.308 e. The van der Waals surface area contributed by atoms with Crippen LogP contribution in [0, 0.1) is 5.92 Å². The largest absolute Gasteiger partial charge is 0.466 e. The van der Waals surface area contributed by atoms with Gasteiger partial charge in [0.2, 0.25) is 0 Å². The predicted molar refractivity (Wildman–Crippen MR) is 103 cm³/mol. The topological polar surface area (TPSA) is 94.3 Å². The molecule has 138 valence electrons. The molecule has 6 nitrogen and oxygen atoms in total. The van der Waals surface area contributed by atoms with E-state index in [4.69, 9.17) is 33.7 Å². The van der Waals surface area contributed by atoms with Crippen LogP contribution < -0.4 is 11.1 Å². The summed E-state index contributed by atoms with van der Waals surface area (Å²) in [5.41, 5.74) is 7.68. The number of nitrogen functional groups attached to an aromatic ring is 1. The Labute approximate surface area is 161 Å². The first-order valence-corrected chi connectivity index (χ1v) is 8.74. The summed E-state index contributed by atoms with van der Waals surface area (Å²) in [6.45, 7) is 3.88. The van der Waals surface area contributed by atoms with E-state index in [0.717, 1.165) is 5.56 Å². The van der Waals surface area contributed by atoms with Crippen molar-refractivity contribution in [1.82, 2.24) is 4.98 Å². The van der Waals surface area contributed by atoms with E-state index in [1.54, 1.807) is 32.0 Å². The summed E-state index contributed by atoms with van der Waals surface area (Å²) in [6.07, 6.45) is 3.23. The maximum atomic E-state index is 12.5. The molecule has 0 aliphatic rings. The fraction of sp³-hybridized carbons (Fsp3) is 0.278. The molecule has 1 amide bonds. The second-order valence-electron chi connectivity index (χ2n) is 5.71. The van der Waals surface area contributed by atoms with Crippen LogP contribution in [0.1, 0.15) is 29.8 Å². The van der Waals surface area contributed by atoms with E-state index in [-0.39, 0.29) is 38.9 Å². The summed E-state index contributed by atoms with van der Waals surface area (Å²) >= 11 is 12.0. The molecule has 0 saturated heterocycles. The molecule has 0 fully saturated rings. The van der Waals surface area contributed by atoms with E-state index in [0.29, 0.717) is 13.0 Å². The molecule has 3 N–H and O–H groups in total. The van der Waals surface area contributed by atoms with Crippen molar-refractivity contribution in [2.45, 2.75) is 20.3 Å². The number of anilines is 2. The summed E-state index contributed by atoms with van der Waals surface area (Å²) in [7, 11) is 0. The molecule has 2 rings (SSSR count). The quantitative estimate of drug-likeness (QED) is 0.569. The van der Waals surface area contributed by atoms with Crippen molar-refractivity contribution in [3.8, 4) is 0 Å². The summed E-state index contributed by atoms with van der Waals surface area (Å²) in [6, 6.07) is 5.01. The van der Waals surface area contributed by atoms with E-state index in [1.165, 1.54) is 12.4 Å². The molecule has 26 heavy (non-hydrogen) atoms. The standard InChI is InChI=1S/C18H19Cl2N3O3/c1-3-26-18(25)10(2)6-11-4-5-12(15(21)7-11)17(24)23-16-13(19)8-22-9-14(16)20/h4-5,7-10H,3,6,21H2,1-2H3,(H,22,23,24). The van der Waals surface area contributed by atoms with Gasteiger partial charge in [0.15, 0.2) is 0 Å². The van der Waals surface area contributed by atoms with E-state index >= 15 is 0 Å². The van der Waals surface area contributed by atoms with Crippen molar-refractivity contribution in [2.75, 3.05) is 17.7 Å². The number of nitrogens with two attached hydrogens (primary N) is 1. The van der Waals surface area contributed by atoms with Gasteiger partial charge in [-0.15, -0.1) is 0 Å². The van der Waals surface area contributed by atoms with Crippen molar-refractivity contribution < 1.29 is 14.3 Å². The van der Waals surface area contributed by atoms with Crippen LogP contribution in [0.5, 0.6) is 0 Å². The number of benzene rings is 1. The lowest BCUT2D eigenvalue weighted by Crippen LogP contribution is -2.18. The first-order chi connectivity index (χ1) is 12.3. The lowest BCUT2D eigenvalue weighted by atomic mass is 9.99. The molecule has 1 unspecified atom stereocenters. The molecule has 0 saturated carbocycles. The van der Waals surface area contributed by atoms with Crippen LogP contribution in [-0.2, 0) is 16.0 Å². The van der Waals surface area contributed by atoms with Crippen LogP contribution in [0.3, 0.4) is 0 Å². The molecule has 0 radical (unpaired) electrons. The molecule has 0 aliphatic heterocycles.